The van der Waals surface area contributed by atoms with Gasteiger partial charge >= 0.3 is 5.97 Å². The lowest BCUT2D eigenvalue weighted by molar-refractivity contribution is -0.165. The van der Waals surface area contributed by atoms with Gasteiger partial charge in [-0.15, -0.1) is 0 Å². The molecule has 0 aromatic heterocycles. The Morgan fingerprint density at radius 3 is 2.32 bits per heavy atom. The maximum absolute atomic E-state index is 11.3. The van der Waals surface area contributed by atoms with Crippen LogP contribution in [0.2, 0.25) is 0 Å². The number of hydrogen-bond acceptors (Lipinski definition) is 6. The van der Waals surface area contributed by atoms with Crippen molar-refractivity contribution >= 4 is 5.97 Å². The van der Waals surface area contributed by atoms with Crippen LogP contribution in [0.25, 0.3) is 0 Å². The van der Waals surface area contributed by atoms with Crippen molar-refractivity contribution < 1.29 is 30.0 Å². The number of carbonyl (C=O) groups excluding carboxylic acids is 1. The van der Waals surface area contributed by atoms with Crippen LogP contribution in [0.15, 0.2) is 11.5 Å². The van der Waals surface area contributed by atoms with E-state index in [1.807, 2.05) is 0 Å². The highest BCUT2D eigenvalue weighted by Crippen LogP contribution is 2.37. The Morgan fingerprint density at radius 1 is 1.21 bits per heavy atom. The Labute approximate surface area is 112 Å². The first-order chi connectivity index (χ1) is 8.99. The summed E-state index contributed by atoms with van der Waals surface area (Å²) >= 11 is 0. The molecule has 0 amide bonds. The van der Waals surface area contributed by atoms with Gasteiger partial charge in [0.15, 0.2) is 5.76 Å². The van der Waals surface area contributed by atoms with E-state index in [4.69, 9.17) is 9.84 Å². The molecule has 19 heavy (non-hydrogen) atoms. The first-order valence-corrected chi connectivity index (χ1v) is 6.64. The quantitative estimate of drug-likeness (QED) is 0.393. The number of esters is 1. The Balaban J connectivity index is 2.71. The average molecular weight is 274 g/mol. The summed E-state index contributed by atoms with van der Waals surface area (Å²) < 4.78 is 4.91. The Hall–Kier alpha value is -1.27. The number of carbonyl (C=O) groups is 1. The van der Waals surface area contributed by atoms with Crippen molar-refractivity contribution in [3.63, 3.8) is 0 Å². The number of rotatable bonds is 8. The molecular weight excluding hydrogens is 252 g/mol. The number of aliphatic hydroxyl groups excluding tert-OH is 4. The molecule has 0 unspecified atom stereocenters. The lowest BCUT2D eigenvalue weighted by atomic mass is 9.88. The van der Waals surface area contributed by atoms with Crippen molar-refractivity contribution in [3.8, 4) is 0 Å². The molecule has 2 atom stereocenters. The first-order valence-electron chi connectivity index (χ1n) is 6.64. The van der Waals surface area contributed by atoms with Gasteiger partial charge in [-0.2, -0.15) is 0 Å². The van der Waals surface area contributed by atoms with Crippen molar-refractivity contribution in [2.45, 2.75) is 57.2 Å². The van der Waals surface area contributed by atoms with Gasteiger partial charge in [-0.1, -0.05) is 32.6 Å². The Morgan fingerprint density at radius 2 is 1.84 bits per heavy atom. The largest absolute Gasteiger partial charge is 0.505 e. The molecule has 0 bridgehead atoms. The van der Waals surface area contributed by atoms with Crippen LogP contribution in [-0.2, 0) is 9.53 Å². The molecule has 0 saturated carbocycles. The molecule has 1 rings (SSSR count). The number of unbranched alkanes of at least 4 members (excludes halogenated alkanes) is 4. The fourth-order valence-corrected chi connectivity index (χ4v) is 2.26. The molecule has 0 radical (unpaired) electrons. The van der Waals surface area contributed by atoms with Crippen molar-refractivity contribution in [2.24, 2.45) is 0 Å². The van der Waals surface area contributed by atoms with Crippen molar-refractivity contribution in [1.29, 1.82) is 0 Å². The zero-order chi connectivity index (χ0) is 14.5. The normalized spacial score (nSPS) is 24.7. The second-order valence-corrected chi connectivity index (χ2v) is 4.84. The highest BCUT2D eigenvalue weighted by atomic mass is 16.6. The van der Waals surface area contributed by atoms with Crippen LogP contribution in [-0.4, -0.2) is 44.7 Å². The zero-order valence-electron chi connectivity index (χ0n) is 11.1. The molecule has 4 N–H and O–H groups in total. The number of cyclic esters (lactones) is 1. The summed E-state index contributed by atoms with van der Waals surface area (Å²) in [7, 11) is 0. The van der Waals surface area contributed by atoms with Gasteiger partial charge in [0.1, 0.15) is 6.10 Å². The summed E-state index contributed by atoms with van der Waals surface area (Å²) in [5, 5.41) is 38.0. The summed E-state index contributed by atoms with van der Waals surface area (Å²) in [5.41, 5.74) is -1.71. The number of hydrogen-bond donors (Lipinski definition) is 4. The van der Waals surface area contributed by atoms with Crippen molar-refractivity contribution in [1.82, 2.24) is 0 Å². The van der Waals surface area contributed by atoms with Gasteiger partial charge in [-0.3, -0.25) is 0 Å². The monoisotopic (exact) mass is 274 g/mol. The fourth-order valence-electron chi connectivity index (χ4n) is 2.26. The third-order valence-corrected chi connectivity index (χ3v) is 3.46. The summed E-state index contributed by atoms with van der Waals surface area (Å²) in [5.74, 6) is -2.64. The van der Waals surface area contributed by atoms with E-state index < -0.39 is 35.8 Å². The van der Waals surface area contributed by atoms with Gasteiger partial charge < -0.3 is 25.2 Å². The predicted molar refractivity (Wildman–Crippen MR) is 67.6 cm³/mol. The SMILES string of the molecule is CCCCCCC[C@]1([C@@H](O)CO)OC(=O)C(O)=C1O. The van der Waals surface area contributed by atoms with Crippen LogP contribution in [0.1, 0.15) is 45.4 Å². The third-order valence-electron chi connectivity index (χ3n) is 3.46. The molecule has 0 fully saturated rings. The van der Waals surface area contributed by atoms with Gasteiger partial charge in [-0.25, -0.2) is 4.79 Å². The second kappa shape index (κ2) is 6.77. The van der Waals surface area contributed by atoms with E-state index in [2.05, 4.69) is 6.92 Å². The summed E-state index contributed by atoms with van der Waals surface area (Å²) in [4.78, 5) is 11.3. The molecule has 6 heteroatoms. The number of ether oxygens (including phenoxy) is 1. The van der Waals surface area contributed by atoms with Crippen LogP contribution < -0.4 is 0 Å². The van der Waals surface area contributed by atoms with Crippen molar-refractivity contribution in [2.75, 3.05) is 6.61 Å². The van der Waals surface area contributed by atoms with E-state index >= 15 is 0 Å². The number of aliphatic hydroxyl groups is 4. The third kappa shape index (κ3) is 3.19. The minimum atomic E-state index is -1.71. The van der Waals surface area contributed by atoms with E-state index in [0.717, 1.165) is 25.7 Å². The fraction of sp³-hybridized carbons (Fsp3) is 0.769. The maximum Gasteiger partial charge on any atom is 0.378 e. The molecule has 0 aliphatic carbocycles. The maximum atomic E-state index is 11.3. The molecule has 1 heterocycles. The Kier molecular flexibility index (Phi) is 5.62. The molecule has 0 saturated heterocycles. The highest BCUT2D eigenvalue weighted by molar-refractivity contribution is 5.90. The summed E-state index contributed by atoms with van der Waals surface area (Å²) in [6, 6.07) is 0. The van der Waals surface area contributed by atoms with Crippen LogP contribution in [0.4, 0.5) is 0 Å². The molecule has 0 spiro atoms. The molecule has 110 valence electrons. The molecule has 0 aromatic carbocycles. The van der Waals surface area contributed by atoms with E-state index in [9.17, 15) is 20.1 Å². The van der Waals surface area contributed by atoms with E-state index in [-0.39, 0.29) is 6.42 Å². The highest BCUT2D eigenvalue weighted by Gasteiger charge is 2.53. The zero-order valence-corrected chi connectivity index (χ0v) is 11.1. The topological polar surface area (TPSA) is 107 Å². The molecule has 1 aliphatic heterocycles. The standard InChI is InChI=1S/C13H22O6/c1-2-3-4-5-6-7-13(9(15)8-14)11(17)10(16)12(18)19-13/h9,14-17H,2-8H2,1H3/t9-,13+/m0/s1. The van der Waals surface area contributed by atoms with Crippen LogP contribution in [0.5, 0.6) is 0 Å². The Bertz CT molecular complexity index is 351. The van der Waals surface area contributed by atoms with Crippen LogP contribution >= 0.6 is 0 Å². The minimum Gasteiger partial charge on any atom is -0.505 e. The van der Waals surface area contributed by atoms with Gasteiger partial charge in [0.25, 0.3) is 0 Å². The minimum absolute atomic E-state index is 0.167. The van der Waals surface area contributed by atoms with Gasteiger partial charge in [0.05, 0.1) is 6.61 Å². The molecule has 1 aliphatic rings. The second-order valence-electron chi connectivity index (χ2n) is 4.84. The van der Waals surface area contributed by atoms with Crippen LogP contribution in [0, 0.1) is 0 Å². The van der Waals surface area contributed by atoms with E-state index in [0.29, 0.717) is 6.42 Å². The van der Waals surface area contributed by atoms with Gasteiger partial charge in [0.2, 0.25) is 11.4 Å². The van der Waals surface area contributed by atoms with Gasteiger partial charge in [-0.05, 0) is 12.8 Å². The smallest absolute Gasteiger partial charge is 0.378 e. The summed E-state index contributed by atoms with van der Waals surface area (Å²) in [6.07, 6.45) is 3.37. The lowest BCUT2D eigenvalue weighted by Crippen LogP contribution is -2.47. The summed E-state index contributed by atoms with van der Waals surface area (Å²) in [6.45, 7) is 1.42. The molecule has 6 nitrogen and oxygen atoms in total. The first kappa shape index (κ1) is 15.8. The molecular formula is C13H22O6. The van der Waals surface area contributed by atoms with Gasteiger partial charge in [0, 0.05) is 0 Å². The van der Waals surface area contributed by atoms with Crippen molar-refractivity contribution in [3.05, 3.63) is 11.5 Å². The predicted octanol–water partition coefficient (Wildman–Crippen LogP) is 1.32. The van der Waals surface area contributed by atoms with E-state index in [1.165, 1.54) is 0 Å². The average Bonchev–Trinajstić information content (AvgIpc) is 2.63. The lowest BCUT2D eigenvalue weighted by Gasteiger charge is -2.31. The van der Waals surface area contributed by atoms with E-state index in [1.54, 1.807) is 0 Å². The molecule has 0 aromatic rings. The van der Waals surface area contributed by atoms with Crippen LogP contribution in [0.3, 0.4) is 0 Å².